The van der Waals surface area contributed by atoms with Gasteiger partial charge in [-0.15, -0.1) is 5.10 Å². The van der Waals surface area contributed by atoms with E-state index in [1.807, 2.05) is 40.0 Å². The quantitative estimate of drug-likeness (QED) is 0.395. The second-order valence-electron chi connectivity index (χ2n) is 8.61. The number of aliphatic hydroxyl groups is 1. The van der Waals surface area contributed by atoms with E-state index in [-0.39, 0.29) is 6.61 Å². The summed E-state index contributed by atoms with van der Waals surface area (Å²) < 4.78 is 7.23. The van der Waals surface area contributed by atoms with Crippen LogP contribution in [-0.2, 0) is 17.8 Å². The van der Waals surface area contributed by atoms with Crippen LogP contribution in [0.15, 0.2) is 12.3 Å². The molecule has 0 unspecified atom stereocenters. The normalized spacial score (nSPS) is 15.9. The van der Waals surface area contributed by atoms with Crippen molar-refractivity contribution in [1.82, 2.24) is 29.9 Å². The maximum Gasteiger partial charge on any atom is 0.226 e. The molecule has 2 aliphatic heterocycles. The number of aryl methyl sites for hydroxylation is 1. The van der Waals surface area contributed by atoms with E-state index in [9.17, 15) is 0 Å². The highest BCUT2D eigenvalue weighted by Gasteiger charge is 2.21. The van der Waals surface area contributed by atoms with Crippen LogP contribution in [0.2, 0.25) is 0 Å². The Kier molecular flexibility index (Phi) is 15.0. The van der Waals surface area contributed by atoms with E-state index in [4.69, 9.17) is 25.1 Å². The van der Waals surface area contributed by atoms with Gasteiger partial charge in [-0.2, -0.15) is 15.2 Å². The van der Waals surface area contributed by atoms with Gasteiger partial charge in [0.1, 0.15) is 17.3 Å². The predicted octanol–water partition coefficient (Wildman–Crippen LogP) is 2.74. The zero-order valence-electron chi connectivity index (χ0n) is 23.6. The number of aliphatic hydroxyl groups excluding tert-OH is 1. The summed E-state index contributed by atoms with van der Waals surface area (Å²) in [6.45, 7) is 15.0. The van der Waals surface area contributed by atoms with Gasteiger partial charge in [0.05, 0.1) is 32.0 Å². The number of likely N-dealkylation sites (tertiary alicyclic amines) is 1. The number of nitrogens with zero attached hydrogens (tertiary/aromatic N) is 8. The van der Waals surface area contributed by atoms with Gasteiger partial charge in [0.2, 0.25) is 5.95 Å². The number of nitriles is 1. The molecule has 2 aromatic heterocycles. The van der Waals surface area contributed by atoms with Crippen LogP contribution in [0.5, 0.6) is 0 Å². The summed E-state index contributed by atoms with van der Waals surface area (Å²) in [6, 6.07) is 4.58. The average Bonchev–Trinajstić information content (AvgIpc) is 3.45. The highest BCUT2D eigenvalue weighted by molar-refractivity contribution is 5.54. The van der Waals surface area contributed by atoms with Gasteiger partial charge in [-0.1, -0.05) is 32.9 Å². The molecule has 0 amide bonds. The summed E-state index contributed by atoms with van der Waals surface area (Å²) in [5, 5.41) is 33.0. The first-order valence-corrected chi connectivity index (χ1v) is 14.0. The van der Waals surface area contributed by atoms with Gasteiger partial charge in [0.25, 0.3) is 0 Å². The molecule has 0 bridgehead atoms. The van der Waals surface area contributed by atoms with Crippen LogP contribution < -0.4 is 15.5 Å². The zero-order chi connectivity index (χ0) is 27.6. The third-order valence-electron chi connectivity index (χ3n) is 6.09. The lowest BCUT2D eigenvalue weighted by Crippen LogP contribution is -2.40. The van der Waals surface area contributed by atoms with Crippen molar-refractivity contribution in [3.05, 3.63) is 18.0 Å². The Morgan fingerprint density at radius 2 is 1.82 bits per heavy atom. The zero-order valence-corrected chi connectivity index (χ0v) is 23.6. The third kappa shape index (κ3) is 10.4. The summed E-state index contributed by atoms with van der Waals surface area (Å²) in [7, 11) is 0. The van der Waals surface area contributed by atoms with Crippen LogP contribution in [-0.4, -0.2) is 93.6 Å². The molecule has 2 saturated heterocycles. The smallest absolute Gasteiger partial charge is 0.226 e. The van der Waals surface area contributed by atoms with E-state index in [2.05, 4.69) is 36.8 Å². The molecule has 38 heavy (non-hydrogen) atoms. The van der Waals surface area contributed by atoms with E-state index in [1.165, 1.54) is 0 Å². The van der Waals surface area contributed by atoms with E-state index < -0.39 is 0 Å². The van der Waals surface area contributed by atoms with Gasteiger partial charge in [0, 0.05) is 64.4 Å². The van der Waals surface area contributed by atoms with Crippen molar-refractivity contribution in [2.75, 3.05) is 68.1 Å². The van der Waals surface area contributed by atoms with Crippen molar-refractivity contribution < 1.29 is 9.84 Å². The number of rotatable bonds is 11. The Labute approximate surface area is 227 Å². The Morgan fingerprint density at radius 3 is 2.50 bits per heavy atom. The fraction of sp³-hybridized carbons (Fsp3) is 0.731. The molecule has 2 fully saturated rings. The maximum absolute atomic E-state index is 8.99. The number of ether oxygens (including phenoxy) is 1. The van der Waals surface area contributed by atoms with Gasteiger partial charge in [0.15, 0.2) is 0 Å². The number of piperidine rings is 1. The molecule has 12 nitrogen and oxygen atoms in total. The van der Waals surface area contributed by atoms with Crippen LogP contribution in [0.4, 0.5) is 17.6 Å². The lowest BCUT2D eigenvalue weighted by Gasteiger charge is -2.32. The van der Waals surface area contributed by atoms with Gasteiger partial charge in [-0.25, -0.2) is 0 Å². The van der Waals surface area contributed by atoms with Gasteiger partial charge in [-0.3, -0.25) is 4.68 Å². The molecule has 0 spiro atoms. The molecular weight excluding hydrogens is 484 g/mol. The number of hydrogen-bond acceptors (Lipinski definition) is 11. The van der Waals surface area contributed by atoms with Crippen molar-refractivity contribution in [3.63, 3.8) is 0 Å². The minimum atomic E-state index is 0.129. The summed E-state index contributed by atoms with van der Waals surface area (Å²) in [4.78, 5) is 14.0. The van der Waals surface area contributed by atoms with Crippen LogP contribution in [0.25, 0.3) is 0 Å². The van der Waals surface area contributed by atoms with E-state index >= 15 is 0 Å². The standard InChI is InChI=1S/C22H34N10O2.2C2H6/c23-5-1-6-30-8-3-18(4-9-30)25-20-15-21(31-10-13-34-14-11-31)27-22(26-20)24-16-19-17-32(29-28-19)7-2-12-33;2*1-2/h15,17-18,33H,1-4,6-14,16H2,(H2,24,25,26,27);2*1-2H3. The topological polar surface area (TPSA) is 140 Å². The highest BCUT2D eigenvalue weighted by atomic mass is 16.5. The SMILES string of the molecule is CC.CC.N#CCCN1CCC(Nc2cc(N3CCOCC3)nc(NCc3cn(CCCO)nn3)n2)CC1. The van der Waals surface area contributed by atoms with Gasteiger partial charge < -0.3 is 30.3 Å². The first-order chi connectivity index (χ1) is 18.7. The first-order valence-electron chi connectivity index (χ1n) is 14.0. The molecular formula is C26H46N10O2. The Hall–Kier alpha value is -3.01. The lowest BCUT2D eigenvalue weighted by molar-refractivity contribution is 0.122. The minimum absolute atomic E-state index is 0.129. The molecule has 0 saturated carbocycles. The molecule has 0 radical (unpaired) electrons. The summed E-state index contributed by atoms with van der Waals surface area (Å²) in [5.41, 5.74) is 0.789. The number of anilines is 3. The molecule has 0 aliphatic carbocycles. The second kappa shape index (κ2) is 18.3. The third-order valence-corrected chi connectivity index (χ3v) is 6.09. The molecule has 4 rings (SSSR count). The van der Waals surface area contributed by atoms with Crippen molar-refractivity contribution in [2.45, 2.75) is 72.5 Å². The number of morpholine rings is 1. The number of nitrogens with one attached hydrogen (secondary N) is 2. The van der Waals surface area contributed by atoms with Gasteiger partial charge >= 0.3 is 0 Å². The molecule has 0 aromatic carbocycles. The van der Waals surface area contributed by atoms with Crippen molar-refractivity contribution in [1.29, 1.82) is 5.26 Å². The van der Waals surface area contributed by atoms with Crippen LogP contribution in [0.1, 0.15) is 59.1 Å². The van der Waals surface area contributed by atoms with Crippen molar-refractivity contribution in [2.24, 2.45) is 0 Å². The Balaban J connectivity index is 0.00000121. The highest BCUT2D eigenvalue weighted by Crippen LogP contribution is 2.22. The monoisotopic (exact) mass is 530 g/mol. The van der Waals surface area contributed by atoms with E-state index in [0.717, 1.165) is 62.9 Å². The Morgan fingerprint density at radius 1 is 1.08 bits per heavy atom. The summed E-state index contributed by atoms with van der Waals surface area (Å²) >= 11 is 0. The molecule has 4 heterocycles. The first kappa shape index (κ1) is 31.2. The molecule has 2 aliphatic rings. The Bertz CT molecular complexity index is 934. The molecule has 12 heteroatoms. The molecule has 212 valence electrons. The number of aromatic nitrogens is 5. The van der Waals surface area contributed by atoms with Gasteiger partial charge in [-0.05, 0) is 19.3 Å². The summed E-state index contributed by atoms with van der Waals surface area (Å²) in [6.07, 6.45) is 5.13. The second-order valence-corrected chi connectivity index (χ2v) is 8.61. The maximum atomic E-state index is 8.99. The van der Waals surface area contributed by atoms with Crippen LogP contribution in [0.3, 0.4) is 0 Å². The minimum Gasteiger partial charge on any atom is -0.396 e. The number of hydrogen-bond donors (Lipinski definition) is 3. The fourth-order valence-corrected chi connectivity index (χ4v) is 4.19. The van der Waals surface area contributed by atoms with Crippen LogP contribution in [0, 0.1) is 11.3 Å². The fourth-order valence-electron chi connectivity index (χ4n) is 4.19. The predicted molar refractivity (Wildman–Crippen MR) is 150 cm³/mol. The molecule has 3 N–H and O–H groups in total. The molecule has 2 aromatic rings. The van der Waals surface area contributed by atoms with Crippen LogP contribution >= 0.6 is 0 Å². The molecule has 0 atom stereocenters. The average molecular weight is 531 g/mol. The van der Waals surface area contributed by atoms with E-state index in [0.29, 0.717) is 51.1 Å². The largest absolute Gasteiger partial charge is 0.396 e. The van der Waals surface area contributed by atoms with Crippen molar-refractivity contribution in [3.8, 4) is 6.07 Å². The lowest BCUT2D eigenvalue weighted by atomic mass is 10.0. The van der Waals surface area contributed by atoms with Crippen molar-refractivity contribution >= 4 is 17.6 Å². The van der Waals surface area contributed by atoms with E-state index in [1.54, 1.807) is 4.68 Å². The summed E-state index contributed by atoms with van der Waals surface area (Å²) in [5.74, 6) is 2.23.